The number of nitrogen functional groups attached to an aromatic ring is 1. The summed E-state index contributed by atoms with van der Waals surface area (Å²) in [5.41, 5.74) is 6.56. The highest BCUT2D eigenvalue weighted by atomic mass is 32.2. The van der Waals surface area contributed by atoms with Crippen molar-refractivity contribution in [3.8, 4) is 11.4 Å². The maximum Gasteiger partial charge on any atom is 0.128 e. The summed E-state index contributed by atoms with van der Waals surface area (Å²) in [6.07, 6.45) is 1.94. The Kier molecular flexibility index (Phi) is 2.55. The van der Waals surface area contributed by atoms with Gasteiger partial charge in [-0.05, 0) is 18.4 Å². The molecule has 0 amide bonds. The van der Waals surface area contributed by atoms with E-state index >= 15 is 0 Å². The van der Waals surface area contributed by atoms with Crippen molar-refractivity contribution in [1.29, 1.82) is 0 Å². The van der Waals surface area contributed by atoms with E-state index < -0.39 is 0 Å². The summed E-state index contributed by atoms with van der Waals surface area (Å²) in [6, 6.07) is 8.62. The quantitative estimate of drug-likeness (QED) is 0.760. The first kappa shape index (κ1) is 9.92. The lowest BCUT2D eigenvalue weighted by molar-refractivity contribution is 0.475. The first-order valence-corrected chi connectivity index (χ1v) is 5.62. The number of nitrogens with two attached hydrogens (primary N) is 1. The first-order valence-electron chi connectivity index (χ1n) is 4.39. The molecule has 0 spiro atoms. The van der Waals surface area contributed by atoms with Crippen molar-refractivity contribution in [3.63, 3.8) is 0 Å². The minimum Gasteiger partial charge on any atom is -0.508 e. The third-order valence-corrected chi connectivity index (χ3v) is 2.62. The third kappa shape index (κ3) is 1.92. The van der Waals surface area contributed by atoms with Gasteiger partial charge < -0.3 is 10.8 Å². The molecule has 78 valence electrons. The number of thioether (sulfide) groups is 1. The molecule has 5 heteroatoms. The van der Waals surface area contributed by atoms with Crippen LogP contribution >= 0.6 is 11.8 Å². The number of aromatic hydroxyl groups is 1. The van der Waals surface area contributed by atoms with Gasteiger partial charge in [-0.2, -0.15) is 5.10 Å². The van der Waals surface area contributed by atoms with Crippen LogP contribution in [0.4, 0.5) is 5.82 Å². The molecule has 0 atom stereocenters. The summed E-state index contributed by atoms with van der Waals surface area (Å²) in [7, 11) is 0. The Morgan fingerprint density at radius 3 is 2.80 bits per heavy atom. The predicted octanol–water partition coefficient (Wildman–Crippen LogP) is 1.88. The lowest BCUT2D eigenvalue weighted by Gasteiger charge is -2.03. The van der Waals surface area contributed by atoms with Gasteiger partial charge in [0.05, 0.1) is 5.69 Å². The van der Waals surface area contributed by atoms with Crippen LogP contribution in [-0.2, 0) is 0 Å². The number of phenols is 1. The Hall–Kier alpha value is -1.62. The van der Waals surface area contributed by atoms with Gasteiger partial charge in [0.2, 0.25) is 0 Å². The molecule has 0 saturated heterocycles. The van der Waals surface area contributed by atoms with Gasteiger partial charge in [0.25, 0.3) is 0 Å². The van der Waals surface area contributed by atoms with Crippen molar-refractivity contribution in [2.75, 3.05) is 12.0 Å². The van der Waals surface area contributed by atoms with Gasteiger partial charge >= 0.3 is 0 Å². The normalized spacial score (nSPS) is 10.5. The molecular weight excluding hydrogens is 210 g/mol. The summed E-state index contributed by atoms with van der Waals surface area (Å²) < 4.78 is 1.60. The molecule has 0 aliphatic heterocycles. The van der Waals surface area contributed by atoms with E-state index in [9.17, 15) is 5.11 Å². The van der Waals surface area contributed by atoms with Crippen LogP contribution in [-0.4, -0.2) is 21.1 Å². The van der Waals surface area contributed by atoms with Crippen LogP contribution in [0.1, 0.15) is 0 Å². The number of rotatable bonds is 2. The number of phenolic OH excluding ortho intramolecular Hbond substituents is 1. The van der Waals surface area contributed by atoms with E-state index in [-0.39, 0.29) is 5.75 Å². The Labute approximate surface area is 91.7 Å². The van der Waals surface area contributed by atoms with Gasteiger partial charge in [-0.15, -0.1) is 11.8 Å². The lowest BCUT2D eigenvalue weighted by atomic mass is 10.3. The van der Waals surface area contributed by atoms with E-state index in [4.69, 9.17) is 5.73 Å². The van der Waals surface area contributed by atoms with Crippen molar-refractivity contribution in [3.05, 3.63) is 30.3 Å². The van der Waals surface area contributed by atoms with Crippen LogP contribution in [0.5, 0.6) is 5.75 Å². The molecule has 2 aromatic rings. The van der Waals surface area contributed by atoms with Gasteiger partial charge in [-0.3, -0.25) is 0 Å². The number of nitrogens with zero attached hydrogens (tertiary/aromatic N) is 2. The predicted molar refractivity (Wildman–Crippen MR) is 61.4 cm³/mol. The van der Waals surface area contributed by atoms with Crippen LogP contribution < -0.4 is 5.73 Å². The van der Waals surface area contributed by atoms with Crippen molar-refractivity contribution >= 4 is 17.6 Å². The zero-order valence-corrected chi connectivity index (χ0v) is 9.03. The molecule has 0 aliphatic carbocycles. The highest BCUT2D eigenvalue weighted by molar-refractivity contribution is 7.98. The molecule has 2 rings (SSSR count). The monoisotopic (exact) mass is 221 g/mol. The molecule has 0 saturated carbocycles. The summed E-state index contributed by atoms with van der Waals surface area (Å²) in [5, 5.41) is 14.5. The van der Waals surface area contributed by atoms with Crippen LogP contribution in [0.15, 0.2) is 35.4 Å². The molecule has 1 aromatic carbocycles. The second kappa shape index (κ2) is 3.86. The third-order valence-electron chi connectivity index (χ3n) is 2.00. The Bertz CT molecular complexity index is 481. The number of benzene rings is 1. The topological polar surface area (TPSA) is 64.1 Å². The molecule has 4 nitrogen and oxygen atoms in total. The summed E-state index contributed by atoms with van der Waals surface area (Å²) in [4.78, 5) is 0. The Morgan fingerprint density at radius 1 is 1.40 bits per heavy atom. The van der Waals surface area contributed by atoms with Crippen LogP contribution in [0, 0.1) is 0 Å². The zero-order chi connectivity index (χ0) is 10.8. The van der Waals surface area contributed by atoms with Gasteiger partial charge in [0.1, 0.15) is 16.6 Å². The summed E-state index contributed by atoms with van der Waals surface area (Å²) in [5.74, 6) is 0.762. The maximum atomic E-state index is 9.34. The number of hydrogen-bond donors (Lipinski definition) is 2. The Balaban J connectivity index is 2.48. The Morgan fingerprint density at radius 2 is 2.20 bits per heavy atom. The average Bonchev–Trinajstić information content (AvgIpc) is 2.60. The summed E-state index contributed by atoms with van der Waals surface area (Å²) >= 11 is 1.53. The number of hydrogen-bond acceptors (Lipinski definition) is 4. The van der Waals surface area contributed by atoms with Crippen molar-refractivity contribution in [2.24, 2.45) is 0 Å². The molecular formula is C10H11N3OS. The molecule has 0 radical (unpaired) electrons. The largest absolute Gasteiger partial charge is 0.508 e. The van der Waals surface area contributed by atoms with Crippen molar-refractivity contribution < 1.29 is 5.11 Å². The fourth-order valence-corrected chi connectivity index (χ4v) is 1.71. The number of aromatic nitrogens is 2. The van der Waals surface area contributed by atoms with Gasteiger partial charge in [0, 0.05) is 12.1 Å². The average molecular weight is 221 g/mol. The smallest absolute Gasteiger partial charge is 0.128 e. The highest BCUT2D eigenvalue weighted by Crippen LogP contribution is 2.22. The standard InChI is InChI=1S/C10H11N3OS/c1-15-10-6-9(11)13(12-10)7-3-2-4-8(14)5-7/h2-6,14H,11H2,1H3. The summed E-state index contributed by atoms with van der Waals surface area (Å²) in [6.45, 7) is 0. The van der Waals surface area contributed by atoms with Crippen molar-refractivity contribution in [1.82, 2.24) is 9.78 Å². The molecule has 1 aromatic heterocycles. The fourth-order valence-electron chi connectivity index (χ4n) is 1.30. The lowest BCUT2D eigenvalue weighted by Crippen LogP contribution is -2.01. The SMILES string of the molecule is CSc1cc(N)n(-c2cccc(O)c2)n1. The van der Waals surface area contributed by atoms with Crippen LogP contribution in [0.25, 0.3) is 5.69 Å². The van der Waals surface area contributed by atoms with E-state index in [0.717, 1.165) is 10.7 Å². The van der Waals surface area contributed by atoms with E-state index in [1.54, 1.807) is 28.9 Å². The minimum atomic E-state index is 0.202. The molecule has 0 unspecified atom stereocenters. The number of anilines is 1. The molecule has 1 heterocycles. The van der Waals surface area contributed by atoms with E-state index in [2.05, 4.69) is 5.10 Å². The van der Waals surface area contributed by atoms with E-state index in [1.807, 2.05) is 12.3 Å². The van der Waals surface area contributed by atoms with Gasteiger partial charge in [-0.25, -0.2) is 4.68 Å². The van der Waals surface area contributed by atoms with Gasteiger partial charge in [0.15, 0.2) is 0 Å². The van der Waals surface area contributed by atoms with E-state index in [1.165, 1.54) is 11.8 Å². The zero-order valence-electron chi connectivity index (χ0n) is 8.21. The molecule has 0 aliphatic rings. The molecule has 15 heavy (non-hydrogen) atoms. The van der Waals surface area contributed by atoms with Gasteiger partial charge in [-0.1, -0.05) is 6.07 Å². The molecule has 0 fully saturated rings. The fraction of sp³-hybridized carbons (Fsp3) is 0.100. The first-order chi connectivity index (χ1) is 7.20. The highest BCUT2D eigenvalue weighted by Gasteiger charge is 2.06. The second-order valence-corrected chi connectivity index (χ2v) is 3.87. The van der Waals surface area contributed by atoms with Crippen molar-refractivity contribution in [2.45, 2.75) is 5.03 Å². The molecule has 3 N–H and O–H groups in total. The van der Waals surface area contributed by atoms with Crippen LogP contribution in [0.3, 0.4) is 0 Å². The van der Waals surface area contributed by atoms with Crippen LogP contribution in [0.2, 0.25) is 0 Å². The van der Waals surface area contributed by atoms with E-state index in [0.29, 0.717) is 5.82 Å². The second-order valence-electron chi connectivity index (χ2n) is 3.04. The maximum absolute atomic E-state index is 9.34. The molecule has 0 bridgehead atoms. The minimum absolute atomic E-state index is 0.202.